The summed E-state index contributed by atoms with van der Waals surface area (Å²) in [4.78, 5) is 21.8. The number of ether oxygens (including phenoxy) is 1. The molecule has 1 atom stereocenters. The van der Waals surface area contributed by atoms with E-state index in [1.165, 1.54) is 6.42 Å². The Hall–Kier alpha value is -2.77. The first-order chi connectivity index (χ1) is 15.9. The van der Waals surface area contributed by atoms with E-state index in [4.69, 9.17) is 16.3 Å². The molecule has 3 aliphatic heterocycles. The molecule has 1 aromatic carbocycles. The van der Waals surface area contributed by atoms with Crippen molar-refractivity contribution in [2.45, 2.75) is 44.2 Å². The average Bonchev–Trinajstić information content (AvgIpc) is 2.75. The predicted octanol–water partition coefficient (Wildman–Crippen LogP) is 4.38. The molecule has 7 nitrogen and oxygen atoms in total. The smallest absolute Gasteiger partial charge is 0.231 e. The van der Waals surface area contributed by atoms with Gasteiger partial charge in [0.1, 0.15) is 11.6 Å². The van der Waals surface area contributed by atoms with Crippen LogP contribution in [0.1, 0.15) is 38.2 Å². The van der Waals surface area contributed by atoms with Gasteiger partial charge in [-0.3, -0.25) is 9.69 Å². The van der Waals surface area contributed by atoms with Crippen molar-refractivity contribution in [2.24, 2.45) is 0 Å². The maximum absolute atomic E-state index is 13.2. The second-order valence-electron chi connectivity index (χ2n) is 9.23. The van der Waals surface area contributed by atoms with Gasteiger partial charge in [0.25, 0.3) is 0 Å². The van der Waals surface area contributed by atoms with Crippen LogP contribution >= 0.6 is 11.6 Å². The SMILES string of the molecule is C=C1N[C@](C)(c2cccc(Nc3ccc(N4CCC4)nc3)c2Cl)CC(=O)N1C1CCOCC1. The first-order valence-electron chi connectivity index (χ1n) is 11.6. The van der Waals surface area contributed by atoms with E-state index in [2.05, 4.69) is 27.1 Å². The Labute approximate surface area is 199 Å². The van der Waals surface area contributed by atoms with E-state index in [0.717, 1.165) is 48.7 Å². The van der Waals surface area contributed by atoms with Gasteiger partial charge in [-0.1, -0.05) is 30.3 Å². The van der Waals surface area contributed by atoms with Crippen LogP contribution in [0.15, 0.2) is 48.9 Å². The zero-order chi connectivity index (χ0) is 23.0. The van der Waals surface area contributed by atoms with Gasteiger partial charge >= 0.3 is 0 Å². The van der Waals surface area contributed by atoms with Crippen LogP contribution in [0, 0.1) is 0 Å². The van der Waals surface area contributed by atoms with Crippen molar-refractivity contribution in [1.29, 1.82) is 0 Å². The van der Waals surface area contributed by atoms with E-state index in [1.807, 2.05) is 48.4 Å². The number of hydrogen-bond acceptors (Lipinski definition) is 6. The summed E-state index contributed by atoms with van der Waals surface area (Å²) in [6.45, 7) is 9.66. The number of halogens is 1. The van der Waals surface area contributed by atoms with Crippen LogP contribution in [-0.2, 0) is 15.1 Å². The lowest BCUT2D eigenvalue weighted by molar-refractivity contribution is -0.137. The molecule has 0 saturated carbocycles. The van der Waals surface area contributed by atoms with Crippen LogP contribution < -0.4 is 15.5 Å². The minimum Gasteiger partial charge on any atom is -0.381 e. The summed E-state index contributed by atoms with van der Waals surface area (Å²) in [5.41, 5.74) is 1.86. The molecule has 33 heavy (non-hydrogen) atoms. The minimum atomic E-state index is -0.649. The Balaban J connectivity index is 1.34. The number of hydrogen-bond donors (Lipinski definition) is 2. The lowest BCUT2D eigenvalue weighted by atomic mass is 9.85. The van der Waals surface area contributed by atoms with Crippen LogP contribution in [0.25, 0.3) is 0 Å². The number of carbonyl (C=O) groups excluding carboxylic acids is 1. The minimum absolute atomic E-state index is 0.0633. The predicted molar refractivity (Wildman–Crippen MR) is 131 cm³/mol. The molecule has 8 heteroatoms. The van der Waals surface area contributed by atoms with Crippen molar-refractivity contribution in [3.63, 3.8) is 0 Å². The largest absolute Gasteiger partial charge is 0.381 e. The van der Waals surface area contributed by atoms with Gasteiger partial charge in [0.15, 0.2) is 0 Å². The lowest BCUT2D eigenvalue weighted by Crippen LogP contribution is -2.57. The summed E-state index contributed by atoms with van der Waals surface area (Å²) in [5.74, 6) is 1.69. The van der Waals surface area contributed by atoms with Gasteiger partial charge < -0.3 is 20.3 Å². The fourth-order valence-electron chi connectivity index (χ4n) is 4.89. The monoisotopic (exact) mass is 467 g/mol. The van der Waals surface area contributed by atoms with Crippen molar-refractivity contribution in [2.75, 3.05) is 36.5 Å². The Morgan fingerprint density at radius 2 is 2.03 bits per heavy atom. The Morgan fingerprint density at radius 1 is 1.24 bits per heavy atom. The summed E-state index contributed by atoms with van der Waals surface area (Å²) < 4.78 is 5.46. The highest BCUT2D eigenvalue weighted by Gasteiger charge is 2.42. The Kier molecular flexibility index (Phi) is 5.93. The molecule has 0 aliphatic carbocycles. The van der Waals surface area contributed by atoms with Crippen molar-refractivity contribution in [1.82, 2.24) is 15.2 Å². The molecule has 0 unspecified atom stereocenters. The molecule has 0 spiro atoms. The van der Waals surface area contributed by atoms with Gasteiger partial charge in [-0.05, 0) is 49.9 Å². The highest BCUT2D eigenvalue weighted by molar-refractivity contribution is 6.34. The van der Waals surface area contributed by atoms with Gasteiger partial charge in [-0.15, -0.1) is 0 Å². The second-order valence-corrected chi connectivity index (χ2v) is 9.60. The summed E-state index contributed by atoms with van der Waals surface area (Å²) in [7, 11) is 0. The van der Waals surface area contributed by atoms with Gasteiger partial charge in [0, 0.05) is 32.3 Å². The number of anilines is 3. The topological polar surface area (TPSA) is 69.7 Å². The molecule has 4 heterocycles. The second kappa shape index (κ2) is 8.88. The van der Waals surface area contributed by atoms with Crippen molar-refractivity contribution >= 4 is 34.7 Å². The van der Waals surface area contributed by atoms with Gasteiger partial charge in [0.05, 0.1) is 34.6 Å². The van der Waals surface area contributed by atoms with E-state index in [-0.39, 0.29) is 11.9 Å². The highest BCUT2D eigenvalue weighted by atomic mass is 35.5. The van der Waals surface area contributed by atoms with Crippen molar-refractivity contribution < 1.29 is 9.53 Å². The summed E-state index contributed by atoms with van der Waals surface area (Å²) in [5, 5.41) is 7.46. The number of rotatable bonds is 5. The molecule has 5 rings (SSSR count). The molecule has 1 amide bonds. The molecule has 1 aromatic heterocycles. The molecule has 3 fully saturated rings. The quantitative estimate of drug-likeness (QED) is 0.680. The van der Waals surface area contributed by atoms with Crippen LogP contribution in [0.2, 0.25) is 5.02 Å². The number of carbonyl (C=O) groups is 1. The zero-order valence-electron chi connectivity index (χ0n) is 18.9. The fourth-order valence-corrected chi connectivity index (χ4v) is 5.28. The number of aromatic nitrogens is 1. The van der Waals surface area contributed by atoms with Crippen molar-refractivity contribution in [3.8, 4) is 0 Å². The van der Waals surface area contributed by atoms with Crippen LogP contribution in [0.4, 0.5) is 17.2 Å². The van der Waals surface area contributed by atoms with Gasteiger partial charge in [-0.25, -0.2) is 4.98 Å². The van der Waals surface area contributed by atoms with E-state index in [1.54, 1.807) is 0 Å². The Bertz CT molecular complexity index is 1030. The average molecular weight is 468 g/mol. The van der Waals surface area contributed by atoms with Gasteiger partial charge in [-0.2, -0.15) is 0 Å². The molecule has 2 aromatic rings. The Morgan fingerprint density at radius 3 is 2.67 bits per heavy atom. The van der Waals surface area contributed by atoms with Gasteiger partial charge in [0.2, 0.25) is 5.91 Å². The summed E-state index contributed by atoms with van der Waals surface area (Å²) in [6, 6.07) is 10.0. The molecular formula is C25H30ClN5O2. The number of pyridine rings is 1. The maximum Gasteiger partial charge on any atom is 0.231 e. The fraction of sp³-hybridized carbons (Fsp3) is 0.440. The van der Waals surface area contributed by atoms with Crippen LogP contribution in [-0.4, -0.2) is 48.1 Å². The number of amides is 1. The highest BCUT2D eigenvalue weighted by Crippen LogP contribution is 2.40. The zero-order valence-corrected chi connectivity index (χ0v) is 19.7. The maximum atomic E-state index is 13.2. The third-order valence-corrected chi connectivity index (χ3v) is 7.25. The standard InChI is InChI=1S/C25H30ClN5O2/c1-17-29-25(2,15-23(32)31(17)19-9-13-33-14-10-19)20-5-3-6-21(24(20)26)28-18-7-8-22(27-16-18)30-11-4-12-30/h3,5-8,16,19,28-29H,1,4,9-15H2,2H3/t25-/m0/s1. The summed E-state index contributed by atoms with van der Waals surface area (Å²) >= 11 is 6.87. The normalized spacial score (nSPS) is 23.8. The molecule has 0 bridgehead atoms. The molecule has 3 saturated heterocycles. The first-order valence-corrected chi connectivity index (χ1v) is 12.0. The number of nitrogens with one attached hydrogen (secondary N) is 2. The molecular weight excluding hydrogens is 438 g/mol. The molecule has 174 valence electrons. The van der Waals surface area contributed by atoms with E-state index >= 15 is 0 Å². The third kappa shape index (κ3) is 4.27. The lowest BCUT2D eigenvalue weighted by Gasteiger charge is -2.46. The summed E-state index contributed by atoms with van der Waals surface area (Å²) in [6.07, 6.45) is 5.01. The van der Waals surface area contributed by atoms with Crippen LogP contribution in [0.5, 0.6) is 0 Å². The van der Waals surface area contributed by atoms with E-state index in [0.29, 0.717) is 30.5 Å². The van der Waals surface area contributed by atoms with Crippen molar-refractivity contribution in [3.05, 3.63) is 59.5 Å². The molecule has 2 N–H and O–H groups in total. The van der Waals surface area contributed by atoms with Crippen LogP contribution in [0.3, 0.4) is 0 Å². The first kappa shape index (κ1) is 22.0. The number of nitrogens with zero attached hydrogens (tertiary/aromatic N) is 3. The number of benzene rings is 1. The van der Waals surface area contributed by atoms with E-state index in [9.17, 15) is 4.79 Å². The van der Waals surface area contributed by atoms with E-state index < -0.39 is 5.54 Å². The molecule has 0 radical (unpaired) electrons. The molecule has 3 aliphatic rings. The third-order valence-electron chi connectivity index (χ3n) is 6.84.